The van der Waals surface area contributed by atoms with E-state index in [2.05, 4.69) is 0 Å². The highest BCUT2D eigenvalue weighted by atomic mass is 19.1. The maximum atomic E-state index is 13.2. The number of amides is 1. The fraction of sp³-hybridized carbons (Fsp3) is 0.444. The lowest BCUT2D eigenvalue weighted by Gasteiger charge is -2.28. The molecule has 1 amide bonds. The van der Waals surface area contributed by atoms with Crippen molar-refractivity contribution in [2.45, 2.75) is 38.5 Å². The fourth-order valence-electron chi connectivity index (χ4n) is 2.73. The smallest absolute Gasteiger partial charge is 0.303 e. The normalized spacial score (nSPS) is 14.7. The van der Waals surface area contributed by atoms with E-state index in [1.165, 1.54) is 17.7 Å². The van der Waals surface area contributed by atoms with Gasteiger partial charge in [0.2, 0.25) is 5.91 Å². The lowest BCUT2D eigenvalue weighted by Crippen LogP contribution is -2.36. The summed E-state index contributed by atoms with van der Waals surface area (Å²) in [5.41, 5.74) is 2.08. The second-order valence-corrected chi connectivity index (χ2v) is 5.84. The molecule has 1 N–H and O–H groups in total. The van der Waals surface area contributed by atoms with Crippen LogP contribution in [0.5, 0.6) is 0 Å². The van der Waals surface area contributed by atoms with Crippen molar-refractivity contribution in [3.05, 3.63) is 41.2 Å². The zero-order chi connectivity index (χ0) is 16.7. The molecule has 0 bridgehead atoms. The van der Waals surface area contributed by atoms with E-state index in [0.29, 0.717) is 32.4 Å². The number of aliphatic carboxylic acids is 1. The first-order valence-corrected chi connectivity index (χ1v) is 7.99. The first kappa shape index (κ1) is 17.2. The van der Waals surface area contributed by atoms with Crippen LogP contribution >= 0.6 is 0 Å². The number of carbonyl (C=O) groups is 2. The van der Waals surface area contributed by atoms with Gasteiger partial charge < -0.3 is 10.0 Å². The van der Waals surface area contributed by atoms with Gasteiger partial charge in [0.1, 0.15) is 5.82 Å². The zero-order valence-corrected chi connectivity index (χ0v) is 13.1. The van der Waals surface area contributed by atoms with E-state index in [0.717, 1.165) is 18.4 Å². The molecule has 2 rings (SSSR count). The van der Waals surface area contributed by atoms with E-state index in [4.69, 9.17) is 5.11 Å². The Bertz CT molecular complexity index is 588. The number of nitrogens with zero attached hydrogens (tertiary/aromatic N) is 1. The van der Waals surface area contributed by atoms with Gasteiger partial charge in [0.05, 0.1) is 0 Å². The van der Waals surface area contributed by atoms with Gasteiger partial charge in [-0.25, -0.2) is 4.39 Å². The number of hydrogen-bond donors (Lipinski definition) is 1. The van der Waals surface area contributed by atoms with Gasteiger partial charge >= 0.3 is 5.97 Å². The summed E-state index contributed by atoms with van der Waals surface area (Å²) >= 11 is 0. The van der Waals surface area contributed by atoms with Crippen molar-refractivity contribution in [2.75, 3.05) is 13.1 Å². The molecule has 0 spiro atoms. The standard InChI is InChI=1S/C18H22FNO3/c19-16-5-3-4-15(13-16)12-14-8-10-20(11-9-14)17(21)6-1-2-7-18(22)23/h3-5,12-13H,1-2,6-11H2,(H,22,23). The minimum absolute atomic E-state index is 0.0974. The van der Waals surface area contributed by atoms with Crippen LogP contribution in [0.15, 0.2) is 29.8 Å². The molecule has 1 aliphatic rings. The van der Waals surface area contributed by atoms with Gasteiger partial charge in [0.25, 0.3) is 0 Å². The quantitative estimate of drug-likeness (QED) is 0.817. The van der Waals surface area contributed by atoms with Gasteiger partial charge in [-0.3, -0.25) is 9.59 Å². The molecule has 1 saturated heterocycles. The molecule has 0 aliphatic carbocycles. The topological polar surface area (TPSA) is 57.6 Å². The van der Waals surface area contributed by atoms with Crippen LogP contribution in [0.4, 0.5) is 4.39 Å². The number of carbonyl (C=O) groups excluding carboxylic acids is 1. The van der Waals surface area contributed by atoms with Crippen LogP contribution in [0.25, 0.3) is 6.08 Å². The third-order valence-electron chi connectivity index (χ3n) is 4.01. The van der Waals surface area contributed by atoms with Crippen molar-refractivity contribution in [3.63, 3.8) is 0 Å². The van der Waals surface area contributed by atoms with E-state index < -0.39 is 5.97 Å². The van der Waals surface area contributed by atoms with Gasteiger partial charge in [-0.05, 0) is 43.4 Å². The van der Waals surface area contributed by atoms with Gasteiger partial charge in [-0.2, -0.15) is 0 Å². The monoisotopic (exact) mass is 319 g/mol. The number of unbranched alkanes of at least 4 members (excludes halogenated alkanes) is 1. The number of likely N-dealkylation sites (tertiary alicyclic amines) is 1. The maximum absolute atomic E-state index is 13.2. The molecule has 1 fully saturated rings. The summed E-state index contributed by atoms with van der Waals surface area (Å²) in [7, 11) is 0. The van der Waals surface area contributed by atoms with Crippen molar-refractivity contribution in [1.82, 2.24) is 4.90 Å². The molecule has 1 aromatic carbocycles. The molecule has 4 nitrogen and oxygen atoms in total. The predicted molar refractivity (Wildman–Crippen MR) is 86.3 cm³/mol. The molecule has 1 aliphatic heterocycles. The number of hydrogen-bond acceptors (Lipinski definition) is 2. The van der Waals surface area contributed by atoms with Crippen LogP contribution in [0, 0.1) is 5.82 Å². The highest BCUT2D eigenvalue weighted by molar-refractivity contribution is 5.76. The molecule has 1 aromatic rings. The molecule has 0 aromatic heterocycles. The summed E-state index contributed by atoms with van der Waals surface area (Å²) < 4.78 is 13.2. The van der Waals surface area contributed by atoms with Crippen molar-refractivity contribution in [2.24, 2.45) is 0 Å². The van der Waals surface area contributed by atoms with Crippen molar-refractivity contribution in [3.8, 4) is 0 Å². The zero-order valence-electron chi connectivity index (χ0n) is 13.1. The van der Waals surface area contributed by atoms with Crippen LogP contribution in [0.2, 0.25) is 0 Å². The van der Waals surface area contributed by atoms with Crippen LogP contribution in [-0.2, 0) is 9.59 Å². The number of rotatable bonds is 6. The molecule has 1 heterocycles. The first-order valence-electron chi connectivity index (χ1n) is 7.99. The van der Waals surface area contributed by atoms with Crippen molar-refractivity contribution >= 4 is 18.0 Å². The van der Waals surface area contributed by atoms with Gasteiger partial charge in [-0.1, -0.05) is 23.8 Å². The van der Waals surface area contributed by atoms with Crippen LogP contribution in [0.3, 0.4) is 0 Å². The fourth-order valence-corrected chi connectivity index (χ4v) is 2.73. The molecule has 124 valence electrons. The van der Waals surface area contributed by atoms with E-state index in [9.17, 15) is 14.0 Å². The first-order chi connectivity index (χ1) is 11.0. The van der Waals surface area contributed by atoms with E-state index >= 15 is 0 Å². The van der Waals surface area contributed by atoms with E-state index in [1.807, 2.05) is 17.0 Å². The van der Waals surface area contributed by atoms with Crippen molar-refractivity contribution in [1.29, 1.82) is 0 Å². The number of piperidine rings is 1. The highest BCUT2D eigenvalue weighted by Gasteiger charge is 2.18. The Labute approximate surface area is 135 Å². The summed E-state index contributed by atoms with van der Waals surface area (Å²) in [5.74, 6) is -0.962. The van der Waals surface area contributed by atoms with Gasteiger partial charge in [0, 0.05) is 25.9 Å². The largest absolute Gasteiger partial charge is 0.481 e. The van der Waals surface area contributed by atoms with E-state index in [-0.39, 0.29) is 18.1 Å². The second kappa shape index (κ2) is 8.46. The molecular formula is C18H22FNO3. The molecule has 0 saturated carbocycles. The Morgan fingerprint density at radius 3 is 2.52 bits per heavy atom. The van der Waals surface area contributed by atoms with Gasteiger partial charge in [-0.15, -0.1) is 0 Å². The lowest BCUT2D eigenvalue weighted by atomic mass is 10.0. The van der Waals surface area contributed by atoms with Crippen LogP contribution in [-0.4, -0.2) is 35.0 Å². The molecule has 0 radical (unpaired) electrons. The second-order valence-electron chi connectivity index (χ2n) is 5.84. The molecular weight excluding hydrogens is 297 g/mol. The molecule has 0 atom stereocenters. The summed E-state index contributed by atoms with van der Waals surface area (Å²) in [6, 6.07) is 6.49. The third-order valence-corrected chi connectivity index (χ3v) is 4.01. The van der Waals surface area contributed by atoms with Gasteiger partial charge in [0.15, 0.2) is 0 Å². The summed E-state index contributed by atoms with van der Waals surface area (Å²) in [4.78, 5) is 24.3. The van der Waals surface area contributed by atoms with Crippen molar-refractivity contribution < 1.29 is 19.1 Å². The average molecular weight is 319 g/mol. The Morgan fingerprint density at radius 1 is 1.17 bits per heavy atom. The van der Waals surface area contributed by atoms with Crippen LogP contribution < -0.4 is 0 Å². The summed E-state index contributed by atoms with van der Waals surface area (Å²) in [6.45, 7) is 1.36. The Balaban J connectivity index is 1.77. The van der Waals surface area contributed by atoms with E-state index in [1.54, 1.807) is 6.07 Å². The average Bonchev–Trinajstić information content (AvgIpc) is 2.52. The molecule has 23 heavy (non-hydrogen) atoms. The minimum atomic E-state index is -0.817. The highest BCUT2D eigenvalue weighted by Crippen LogP contribution is 2.20. The number of carboxylic acid groups (broad SMARTS) is 1. The predicted octanol–water partition coefficient (Wildman–Crippen LogP) is 3.48. The minimum Gasteiger partial charge on any atom is -0.481 e. The third kappa shape index (κ3) is 5.85. The Hall–Kier alpha value is -2.17. The Kier molecular flexibility index (Phi) is 6.32. The number of benzene rings is 1. The molecule has 0 unspecified atom stereocenters. The SMILES string of the molecule is O=C(O)CCCCC(=O)N1CCC(=Cc2cccc(F)c2)CC1. The molecule has 5 heteroatoms. The Morgan fingerprint density at radius 2 is 1.87 bits per heavy atom. The summed E-state index contributed by atoms with van der Waals surface area (Å²) in [6.07, 6.45) is 5.30. The maximum Gasteiger partial charge on any atom is 0.303 e. The number of halogens is 1. The summed E-state index contributed by atoms with van der Waals surface area (Å²) in [5, 5.41) is 8.57. The lowest BCUT2D eigenvalue weighted by molar-refractivity contribution is -0.137. The van der Waals surface area contributed by atoms with Crippen LogP contribution in [0.1, 0.15) is 44.1 Å². The number of carboxylic acids is 1.